The molecule has 7 nitrogen and oxygen atoms in total. The Morgan fingerprint density at radius 3 is 2.38 bits per heavy atom. The maximum Gasteiger partial charge on any atom is 0.283 e. The van der Waals surface area contributed by atoms with Gasteiger partial charge in [-0.1, -0.05) is 54.1 Å². The number of thioether (sulfide) groups is 1. The topological polar surface area (TPSA) is 115 Å². The molecule has 0 heterocycles. The number of nitrogens with one attached hydrogen (secondary N) is 1. The predicted octanol–water partition coefficient (Wildman–Crippen LogP) is 4.54. The lowest BCUT2D eigenvalue weighted by Crippen LogP contribution is -2.31. The van der Waals surface area contributed by atoms with Gasteiger partial charge in [0.15, 0.2) is 0 Å². The molecule has 0 aliphatic carbocycles. The molecule has 0 aliphatic rings. The van der Waals surface area contributed by atoms with Crippen molar-refractivity contribution in [2.75, 3.05) is 5.75 Å². The van der Waals surface area contributed by atoms with Crippen LogP contribution in [-0.2, 0) is 11.2 Å². The van der Waals surface area contributed by atoms with E-state index in [2.05, 4.69) is 5.32 Å². The van der Waals surface area contributed by atoms with Crippen molar-refractivity contribution in [3.05, 3.63) is 105 Å². The van der Waals surface area contributed by atoms with Crippen LogP contribution in [0, 0.1) is 10.1 Å². The molecule has 0 saturated carbocycles. The highest BCUT2D eigenvalue weighted by molar-refractivity contribution is 8.00. The van der Waals surface area contributed by atoms with Gasteiger partial charge < -0.3 is 11.1 Å². The molecular weight excluding hydrogens is 450 g/mol. The van der Waals surface area contributed by atoms with E-state index in [1.54, 1.807) is 12.1 Å². The summed E-state index contributed by atoms with van der Waals surface area (Å²) in [7, 11) is 0. The van der Waals surface area contributed by atoms with Gasteiger partial charge in [-0.2, -0.15) is 0 Å². The first-order valence-corrected chi connectivity index (χ1v) is 11.0. The summed E-state index contributed by atoms with van der Waals surface area (Å²) < 4.78 is 0. The average molecular weight is 470 g/mol. The Morgan fingerprint density at radius 2 is 1.75 bits per heavy atom. The summed E-state index contributed by atoms with van der Waals surface area (Å²) >= 11 is 6.99. The highest BCUT2D eigenvalue weighted by atomic mass is 35.5. The summed E-state index contributed by atoms with van der Waals surface area (Å²) in [6.07, 6.45) is 0.561. The summed E-state index contributed by atoms with van der Waals surface area (Å²) in [5.41, 5.74) is 6.92. The number of carbonyl (C=O) groups excluding carboxylic acids is 2. The van der Waals surface area contributed by atoms with Crippen molar-refractivity contribution in [2.45, 2.75) is 17.4 Å². The highest BCUT2D eigenvalue weighted by Gasteiger charge is 2.20. The molecule has 3 aromatic carbocycles. The van der Waals surface area contributed by atoms with Gasteiger partial charge in [0.2, 0.25) is 11.8 Å². The van der Waals surface area contributed by atoms with Crippen LogP contribution < -0.4 is 11.1 Å². The van der Waals surface area contributed by atoms with Gasteiger partial charge in [-0.25, -0.2) is 0 Å². The lowest BCUT2D eigenvalue weighted by atomic mass is 9.99. The number of benzene rings is 3. The van der Waals surface area contributed by atoms with Crippen LogP contribution in [0.15, 0.2) is 77.7 Å². The minimum Gasteiger partial charge on any atom is -0.366 e. The number of rotatable bonds is 9. The maximum atomic E-state index is 12.7. The molecular formula is C23H20ClN3O4S. The number of nitrogens with zero attached hydrogens (tertiary/aromatic N) is 1. The fourth-order valence-electron chi connectivity index (χ4n) is 3.11. The van der Waals surface area contributed by atoms with Gasteiger partial charge in [0.1, 0.15) is 0 Å². The Balaban J connectivity index is 1.72. The number of nitro groups is 1. The Bertz CT molecular complexity index is 1120. The molecule has 0 aromatic heterocycles. The van der Waals surface area contributed by atoms with Crippen molar-refractivity contribution >= 4 is 40.9 Å². The van der Waals surface area contributed by atoms with E-state index < -0.39 is 10.8 Å². The van der Waals surface area contributed by atoms with Crippen LogP contribution in [-0.4, -0.2) is 22.5 Å². The first-order valence-electron chi connectivity index (χ1n) is 9.63. The van der Waals surface area contributed by atoms with E-state index in [1.807, 2.05) is 42.5 Å². The SMILES string of the molecule is NC(=O)c1ccc(SCC(=O)N[C@H](Cc2ccc(Cl)cc2)c2ccccc2)c([N+](=O)[O-])c1. The van der Waals surface area contributed by atoms with Crippen LogP contribution in [0.4, 0.5) is 5.69 Å². The van der Waals surface area contributed by atoms with Crippen LogP contribution in [0.2, 0.25) is 5.02 Å². The van der Waals surface area contributed by atoms with Gasteiger partial charge in [0.05, 0.1) is 21.6 Å². The minimum atomic E-state index is -0.754. The van der Waals surface area contributed by atoms with Gasteiger partial charge >= 0.3 is 0 Å². The van der Waals surface area contributed by atoms with Crippen LogP contribution in [0.3, 0.4) is 0 Å². The van der Waals surface area contributed by atoms with E-state index in [0.29, 0.717) is 11.4 Å². The molecule has 1 atom stereocenters. The predicted molar refractivity (Wildman–Crippen MR) is 125 cm³/mol. The third-order valence-corrected chi connectivity index (χ3v) is 6.00. The monoisotopic (exact) mass is 469 g/mol. The zero-order valence-corrected chi connectivity index (χ0v) is 18.4. The fraction of sp³-hybridized carbons (Fsp3) is 0.130. The van der Waals surface area contributed by atoms with Crippen molar-refractivity contribution in [1.29, 1.82) is 0 Å². The number of hydrogen-bond acceptors (Lipinski definition) is 5. The van der Waals surface area contributed by atoms with E-state index in [-0.39, 0.29) is 33.8 Å². The van der Waals surface area contributed by atoms with E-state index in [0.717, 1.165) is 29.0 Å². The van der Waals surface area contributed by atoms with Crippen LogP contribution in [0.1, 0.15) is 27.5 Å². The summed E-state index contributed by atoms with van der Waals surface area (Å²) in [6, 6.07) is 20.6. The lowest BCUT2D eigenvalue weighted by Gasteiger charge is -2.19. The highest BCUT2D eigenvalue weighted by Crippen LogP contribution is 2.30. The molecule has 0 unspecified atom stereocenters. The number of nitro benzene ring substituents is 1. The number of primary amides is 1. The van der Waals surface area contributed by atoms with Crippen molar-refractivity contribution < 1.29 is 14.5 Å². The molecule has 2 amide bonds. The van der Waals surface area contributed by atoms with E-state index in [1.165, 1.54) is 12.1 Å². The number of hydrogen-bond donors (Lipinski definition) is 2. The zero-order chi connectivity index (χ0) is 23.1. The molecule has 32 heavy (non-hydrogen) atoms. The summed E-state index contributed by atoms with van der Waals surface area (Å²) in [4.78, 5) is 35.0. The third kappa shape index (κ3) is 6.32. The molecule has 3 aromatic rings. The second-order valence-corrected chi connectivity index (χ2v) is 8.41. The Morgan fingerprint density at radius 1 is 1.06 bits per heavy atom. The standard InChI is InChI=1S/C23H20ClN3O4S/c24-18-9-6-15(7-10-18)12-19(16-4-2-1-3-5-16)26-22(28)14-32-21-11-8-17(23(25)29)13-20(21)27(30)31/h1-11,13,19H,12,14H2,(H2,25,29)(H,26,28)/t19-/m1/s1. The Kier molecular flexibility index (Phi) is 7.86. The maximum absolute atomic E-state index is 12.7. The second-order valence-electron chi connectivity index (χ2n) is 6.95. The van der Waals surface area contributed by atoms with Crippen molar-refractivity contribution in [1.82, 2.24) is 5.32 Å². The summed E-state index contributed by atoms with van der Waals surface area (Å²) in [5, 5.41) is 15.0. The Hall–Kier alpha value is -3.36. The number of amides is 2. The average Bonchev–Trinajstić information content (AvgIpc) is 2.79. The van der Waals surface area contributed by atoms with E-state index >= 15 is 0 Å². The number of carbonyl (C=O) groups is 2. The smallest absolute Gasteiger partial charge is 0.283 e. The van der Waals surface area contributed by atoms with Crippen LogP contribution in [0.5, 0.6) is 0 Å². The van der Waals surface area contributed by atoms with Gasteiger partial charge in [-0.05, 0) is 41.8 Å². The van der Waals surface area contributed by atoms with Crippen molar-refractivity contribution in [3.8, 4) is 0 Å². The molecule has 0 fully saturated rings. The largest absolute Gasteiger partial charge is 0.366 e. The van der Waals surface area contributed by atoms with Crippen LogP contribution >= 0.6 is 23.4 Å². The molecule has 0 saturated heterocycles. The van der Waals surface area contributed by atoms with Gasteiger partial charge in [-0.15, -0.1) is 11.8 Å². The van der Waals surface area contributed by atoms with Gasteiger partial charge in [-0.3, -0.25) is 19.7 Å². The van der Waals surface area contributed by atoms with Crippen molar-refractivity contribution in [3.63, 3.8) is 0 Å². The molecule has 0 bridgehead atoms. The Labute approximate surface area is 194 Å². The number of halogens is 1. The molecule has 164 valence electrons. The van der Waals surface area contributed by atoms with Gasteiger partial charge in [0.25, 0.3) is 5.69 Å². The van der Waals surface area contributed by atoms with E-state index in [9.17, 15) is 19.7 Å². The second kappa shape index (κ2) is 10.8. The first kappa shape index (κ1) is 23.3. The molecule has 3 rings (SSSR count). The minimum absolute atomic E-state index is 0.0271. The third-order valence-electron chi connectivity index (χ3n) is 4.69. The van der Waals surface area contributed by atoms with Crippen molar-refractivity contribution in [2.24, 2.45) is 5.73 Å². The summed E-state index contributed by atoms with van der Waals surface area (Å²) in [5.74, 6) is -1.05. The fourth-order valence-corrected chi connectivity index (χ4v) is 4.05. The lowest BCUT2D eigenvalue weighted by molar-refractivity contribution is -0.387. The summed E-state index contributed by atoms with van der Waals surface area (Å²) in [6.45, 7) is 0. The van der Waals surface area contributed by atoms with Crippen LogP contribution in [0.25, 0.3) is 0 Å². The molecule has 9 heteroatoms. The molecule has 0 radical (unpaired) electrons. The normalized spacial score (nSPS) is 11.5. The quantitative estimate of drug-likeness (QED) is 0.271. The molecule has 0 spiro atoms. The number of nitrogens with two attached hydrogens (primary N) is 1. The van der Waals surface area contributed by atoms with E-state index in [4.69, 9.17) is 17.3 Å². The first-order chi connectivity index (χ1) is 15.3. The van der Waals surface area contributed by atoms with Gasteiger partial charge in [0, 0.05) is 16.7 Å². The molecule has 0 aliphatic heterocycles. The molecule has 3 N–H and O–H groups in total. The zero-order valence-electron chi connectivity index (χ0n) is 16.9.